The van der Waals surface area contributed by atoms with Crippen LogP contribution in [0.2, 0.25) is 0 Å². The molecule has 1 saturated carbocycles. The van der Waals surface area contributed by atoms with Crippen LogP contribution in [0, 0.1) is 12.8 Å². The van der Waals surface area contributed by atoms with Crippen LogP contribution in [0.1, 0.15) is 35.3 Å². The zero-order chi connectivity index (χ0) is 19.1. The SMILES string of the molecule is COc1ccc2c(c1)c(C(=O)N1CCCN(C(=O)C3CC3)CC1)c(C)n2C. The van der Waals surface area contributed by atoms with E-state index in [-0.39, 0.29) is 17.7 Å². The van der Waals surface area contributed by atoms with Crippen LogP contribution in [0.3, 0.4) is 0 Å². The standard InChI is InChI=1S/C21H27N3O3/c1-14-19(17-13-16(27-3)7-8-18(17)22(14)2)21(26)24-10-4-9-23(11-12-24)20(25)15-5-6-15/h7-8,13,15H,4-6,9-12H2,1-3H3. The fraction of sp³-hybridized carbons (Fsp3) is 0.524. The molecule has 0 unspecified atom stereocenters. The predicted molar refractivity (Wildman–Crippen MR) is 104 cm³/mol. The van der Waals surface area contributed by atoms with Gasteiger partial charge in [0.05, 0.1) is 12.7 Å². The molecule has 144 valence electrons. The Hall–Kier alpha value is -2.50. The van der Waals surface area contributed by atoms with Gasteiger partial charge in [-0.3, -0.25) is 9.59 Å². The summed E-state index contributed by atoms with van der Waals surface area (Å²) in [6.45, 7) is 4.65. The Morgan fingerprint density at radius 3 is 2.48 bits per heavy atom. The summed E-state index contributed by atoms with van der Waals surface area (Å²) in [5, 5.41) is 0.925. The Bertz CT molecular complexity index is 898. The molecular weight excluding hydrogens is 342 g/mol. The highest BCUT2D eigenvalue weighted by molar-refractivity contribution is 6.08. The van der Waals surface area contributed by atoms with Gasteiger partial charge in [-0.1, -0.05) is 0 Å². The molecule has 2 aliphatic rings. The number of fused-ring (bicyclic) bond motifs is 1. The normalized spacial score (nSPS) is 17.9. The molecule has 2 heterocycles. The fourth-order valence-electron chi connectivity index (χ4n) is 4.04. The van der Waals surface area contributed by atoms with Crippen molar-refractivity contribution >= 4 is 22.7 Å². The van der Waals surface area contributed by atoms with Crippen LogP contribution < -0.4 is 4.74 Å². The first-order valence-corrected chi connectivity index (χ1v) is 9.72. The van der Waals surface area contributed by atoms with Crippen molar-refractivity contribution in [3.63, 3.8) is 0 Å². The molecule has 0 N–H and O–H groups in total. The average Bonchev–Trinajstić information content (AvgIpc) is 3.50. The largest absolute Gasteiger partial charge is 0.497 e. The fourth-order valence-corrected chi connectivity index (χ4v) is 4.04. The maximum atomic E-state index is 13.4. The van der Waals surface area contributed by atoms with Crippen molar-refractivity contribution in [2.45, 2.75) is 26.2 Å². The van der Waals surface area contributed by atoms with Gasteiger partial charge >= 0.3 is 0 Å². The second kappa shape index (κ2) is 6.91. The van der Waals surface area contributed by atoms with E-state index in [9.17, 15) is 9.59 Å². The van der Waals surface area contributed by atoms with Crippen LogP contribution in [0.4, 0.5) is 0 Å². The molecule has 0 bridgehead atoms. The first-order chi connectivity index (χ1) is 13.0. The Kier molecular flexibility index (Phi) is 4.58. The monoisotopic (exact) mass is 369 g/mol. The topological polar surface area (TPSA) is 54.8 Å². The molecule has 6 heteroatoms. The Balaban J connectivity index is 1.60. The van der Waals surface area contributed by atoms with Crippen LogP contribution in [-0.4, -0.2) is 59.5 Å². The van der Waals surface area contributed by atoms with Crippen molar-refractivity contribution in [2.75, 3.05) is 33.3 Å². The van der Waals surface area contributed by atoms with Crippen molar-refractivity contribution in [2.24, 2.45) is 13.0 Å². The number of amides is 2. The number of rotatable bonds is 3. The lowest BCUT2D eigenvalue weighted by atomic mass is 10.1. The Morgan fingerprint density at radius 2 is 1.78 bits per heavy atom. The molecular formula is C21H27N3O3. The van der Waals surface area contributed by atoms with Gasteiger partial charge in [0.15, 0.2) is 0 Å². The minimum atomic E-state index is 0.0482. The van der Waals surface area contributed by atoms with Gasteiger partial charge in [-0.15, -0.1) is 0 Å². The summed E-state index contributed by atoms with van der Waals surface area (Å²) in [6, 6.07) is 5.86. The number of ether oxygens (including phenoxy) is 1. The zero-order valence-corrected chi connectivity index (χ0v) is 16.3. The summed E-state index contributed by atoms with van der Waals surface area (Å²) in [4.78, 5) is 29.6. The molecule has 4 rings (SSSR count). The number of benzene rings is 1. The Labute approximate surface area is 159 Å². The van der Waals surface area contributed by atoms with E-state index in [0.29, 0.717) is 19.6 Å². The predicted octanol–water partition coefficient (Wildman–Crippen LogP) is 2.58. The molecule has 0 radical (unpaired) electrons. The third-order valence-corrected chi connectivity index (χ3v) is 5.93. The zero-order valence-electron chi connectivity index (χ0n) is 16.3. The van der Waals surface area contributed by atoms with Crippen molar-refractivity contribution in [1.82, 2.24) is 14.4 Å². The van der Waals surface area contributed by atoms with E-state index in [1.54, 1.807) is 7.11 Å². The van der Waals surface area contributed by atoms with Gasteiger partial charge in [-0.25, -0.2) is 0 Å². The lowest BCUT2D eigenvalue weighted by molar-refractivity contribution is -0.132. The molecule has 1 aliphatic carbocycles. The number of hydrogen-bond donors (Lipinski definition) is 0. The summed E-state index contributed by atoms with van der Waals surface area (Å²) >= 11 is 0. The number of aryl methyl sites for hydroxylation is 1. The first kappa shape index (κ1) is 17.9. The van der Waals surface area contributed by atoms with Gasteiger partial charge in [0, 0.05) is 55.7 Å². The first-order valence-electron chi connectivity index (χ1n) is 9.72. The summed E-state index contributed by atoms with van der Waals surface area (Å²) < 4.78 is 7.42. The number of aromatic nitrogens is 1. The number of methoxy groups -OCH3 is 1. The van der Waals surface area contributed by atoms with E-state index in [2.05, 4.69) is 4.57 Å². The van der Waals surface area contributed by atoms with Crippen molar-refractivity contribution < 1.29 is 14.3 Å². The van der Waals surface area contributed by atoms with Gasteiger partial charge in [0.25, 0.3) is 5.91 Å². The molecule has 1 saturated heterocycles. The van der Waals surface area contributed by atoms with E-state index >= 15 is 0 Å². The lowest BCUT2D eigenvalue weighted by Crippen LogP contribution is -2.38. The van der Waals surface area contributed by atoms with Gasteiger partial charge in [-0.2, -0.15) is 0 Å². The minimum absolute atomic E-state index is 0.0482. The molecule has 1 aliphatic heterocycles. The van der Waals surface area contributed by atoms with Crippen LogP contribution >= 0.6 is 0 Å². The maximum Gasteiger partial charge on any atom is 0.256 e. The highest BCUT2D eigenvalue weighted by Gasteiger charge is 2.34. The van der Waals surface area contributed by atoms with Crippen molar-refractivity contribution in [3.05, 3.63) is 29.5 Å². The smallest absolute Gasteiger partial charge is 0.256 e. The number of nitrogens with zero attached hydrogens (tertiary/aromatic N) is 3. The third kappa shape index (κ3) is 3.17. The molecule has 2 aromatic rings. The number of carbonyl (C=O) groups is 2. The van der Waals surface area contributed by atoms with Crippen molar-refractivity contribution in [1.29, 1.82) is 0 Å². The lowest BCUT2D eigenvalue weighted by Gasteiger charge is -2.22. The molecule has 27 heavy (non-hydrogen) atoms. The van der Waals surface area contributed by atoms with Crippen molar-refractivity contribution in [3.8, 4) is 5.75 Å². The van der Waals surface area contributed by atoms with Crippen LogP contribution in [0.5, 0.6) is 5.75 Å². The highest BCUT2D eigenvalue weighted by atomic mass is 16.5. The van der Waals surface area contributed by atoms with E-state index in [4.69, 9.17) is 4.74 Å². The van der Waals surface area contributed by atoms with Crippen LogP contribution in [0.15, 0.2) is 18.2 Å². The van der Waals surface area contributed by atoms with Gasteiger partial charge in [0.1, 0.15) is 5.75 Å². The van der Waals surface area contributed by atoms with Crippen LogP contribution in [-0.2, 0) is 11.8 Å². The summed E-state index contributed by atoms with van der Waals surface area (Å²) in [7, 11) is 3.62. The second-order valence-corrected chi connectivity index (χ2v) is 7.65. The van der Waals surface area contributed by atoms with E-state index in [1.165, 1.54) is 0 Å². The number of carbonyl (C=O) groups excluding carboxylic acids is 2. The molecule has 2 amide bonds. The molecule has 0 spiro atoms. The second-order valence-electron chi connectivity index (χ2n) is 7.65. The van der Waals surface area contributed by atoms with Gasteiger partial charge in [-0.05, 0) is 44.4 Å². The van der Waals surface area contributed by atoms with E-state index < -0.39 is 0 Å². The minimum Gasteiger partial charge on any atom is -0.497 e. The Morgan fingerprint density at radius 1 is 1.07 bits per heavy atom. The average molecular weight is 369 g/mol. The third-order valence-electron chi connectivity index (χ3n) is 5.93. The summed E-state index contributed by atoms with van der Waals surface area (Å²) in [5.41, 5.74) is 2.73. The quantitative estimate of drug-likeness (QED) is 0.836. The molecule has 6 nitrogen and oxygen atoms in total. The van der Waals surface area contributed by atoms with Gasteiger partial charge < -0.3 is 19.1 Å². The molecule has 0 atom stereocenters. The highest BCUT2D eigenvalue weighted by Crippen LogP contribution is 2.32. The molecule has 1 aromatic heterocycles. The van der Waals surface area contributed by atoms with Gasteiger partial charge in [0.2, 0.25) is 5.91 Å². The summed E-state index contributed by atoms with van der Waals surface area (Å²) in [6.07, 6.45) is 2.88. The van der Waals surface area contributed by atoms with E-state index in [1.807, 2.05) is 42.0 Å². The molecule has 1 aromatic carbocycles. The summed E-state index contributed by atoms with van der Waals surface area (Å²) in [5.74, 6) is 1.31. The number of hydrogen-bond acceptors (Lipinski definition) is 3. The van der Waals surface area contributed by atoms with E-state index in [0.717, 1.165) is 53.7 Å². The van der Waals surface area contributed by atoms with Crippen LogP contribution in [0.25, 0.3) is 10.9 Å². The molecule has 2 fully saturated rings. The maximum absolute atomic E-state index is 13.4.